The molecule has 1 aliphatic rings. The number of amides is 1. The number of carbonyl (C=O) groups is 1. The number of piperazine rings is 1. The molecule has 1 N–H and O–H groups in total. The van der Waals surface area contributed by atoms with Gasteiger partial charge in [-0.05, 0) is 32.5 Å². The van der Waals surface area contributed by atoms with Gasteiger partial charge in [0, 0.05) is 69.2 Å². The van der Waals surface area contributed by atoms with E-state index in [2.05, 4.69) is 33.4 Å². The zero-order chi connectivity index (χ0) is 25.9. The summed E-state index contributed by atoms with van der Waals surface area (Å²) in [6.07, 6.45) is 10.2. The fourth-order valence-electron chi connectivity index (χ4n) is 4.53. The van der Waals surface area contributed by atoms with Gasteiger partial charge in [-0.2, -0.15) is 15.5 Å². The second-order valence-corrected chi connectivity index (χ2v) is 9.34. The van der Waals surface area contributed by atoms with E-state index in [4.69, 9.17) is 9.97 Å². The maximum absolute atomic E-state index is 12.6. The van der Waals surface area contributed by atoms with Crippen LogP contribution in [0.3, 0.4) is 0 Å². The lowest BCUT2D eigenvalue weighted by atomic mass is 10.1. The molecule has 0 radical (unpaired) electrons. The van der Waals surface area contributed by atoms with Crippen LogP contribution < -0.4 is 10.2 Å². The molecule has 11 heteroatoms. The van der Waals surface area contributed by atoms with Crippen molar-refractivity contribution in [1.29, 1.82) is 5.26 Å². The van der Waals surface area contributed by atoms with Crippen LogP contribution in [0.5, 0.6) is 0 Å². The molecule has 1 atom stereocenters. The average Bonchev–Trinajstić information content (AvgIpc) is 3.57. The van der Waals surface area contributed by atoms with Crippen molar-refractivity contribution in [2.24, 2.45) is 7.05 Å². The first-order valence-corrected chi connectivity index (χ1v) is 12.4. The van der Waals surface area contributed by atoms with Gasteiger partial charge in [-0.15, -0.1) is 0 Å². The van der Waals surface area contributed by atoms with Gasteiger partial charge in [0.15, 0.2) is 0 Å². The van der Waals surface area contributed by atoms with E-state index in [1.54, 1.807) is 34.0 Å². The Hall–Kier alpha value is -4.30. The molecule has 5 rings (SSSR count). The highest BCUT2D eigenvalue weighted by Gasteiger charge is 2.22. The minimum atomic E-state index is 0.211. The number of pyridine rings is 1. The molecular formula is C26H30N10O. The van der Waals surface area contributed by atoms with Crippen LogP contribution in [0.1, 0.15) is 25.3 Å². The number of hydrogen-bond acceptors (Lipinski definition) is 8. The zero-order valence-electron chi connectivity index (χ0n) is 21.3. The molecule has 1 unspecified atom stereocenters. The molecule has 4 aromatic rings. The highest BCUT2D eigenvalue weighted by Crippen LogP contribution is 2.29. The normalized spacial score (nSPS) is 14.6. The molecule has 1 aliphatic heterocycles. The molecule has 0 saturated carbocycles. The van der Waals surface area contributed by atoms with Crippen molar-refractivity contribution in [3.8, 4) is 28.6 Å². The zero-order valence-corrected chi connectivity index (χ0v) is 21.3. The predicted molar refractivity (Wildman–Crippen MR) is 140 cm³/mol. The van der Waals surface area contributed by atoms with Crippen molar-refractivity contribution in [1.82, 2.24) is 39.6 Å². The van der Waals surface area contributed by atoms with E-state index < -0.39 is 0 Å². The Labute approximate surface area is 215 Å². The Morgan fingerprint density at radius 2 is 1.92 bits per heavy atom. The number of carbonyl (C=O) groups excluding carboxylic acids is 1. The lowest BCUT2D eigenvalue weighted by molar-refractivity contribution is -0.131. The summed E-state index contributed by atoms with van der Waals surface area (Å²) in [7, 11) is 3.77. The van der Waals surface area contributed by atoms with Crippen LogP contribution in [0.25, 0.3) is 28.0 Å². The second kappa shape index (κ2) is 10.4. The molecule has 5 heterocycles. The van der Waals surface area contributed by atoms with E-state index in [1.165, 1.54) is 0 Å². The molecule has 1 amide bonds. The Morgan fingerprint density at radius 3 is 2.57 bits per heavy atom. The Bertz CT molecular complexity index is 1440. The summed E-state index contributed by atoms with van der Waals surface area (Å²) in [5.74, 6) is 1.07. The summed E-state index contributed by atoms with van der Waals surface area (Å²) in [6.45, 7) is 4.93. The van der Waals surface area contributed by atoms with Crippen molar-refractivity contribution in [2.75, 3.05) is 38.1 Å². The smallest absolute Gasteiger partial charge is 0.222 e. The van der Waals surface area contributed by atoms with Gasteiger partial charge in [-0.3, -0.25) is 9.48 Å². The fraction of sp³-hybridized carbons (Fsp3) is 0.385. The van der Waals surface area contributed by atoms with Crippen LogP contribution in [0, 0.1) is 11.3 Å². The van der Waals surface area contributed by atoms with Crippen molar-refractivity contribution in [2.45, 2.75) is 25.8 Å². The molecule has 1 saturated heterocycles. The highest BCUT2D eigenvalue weighted by atomic mass is 16.2. The summed E-state index contributed by atoms with van der Waals surface area (Å²) in [5.41, 5.74) is 4.09. The molecule has 11 nitrogen and oxygen atoms in total. The maximum Gasteiger partial charge on any atom is 0.222 e. The van der Waals surface area contributed by atoms with E-state index in [0.717, 1.165) is 36.5 Å². The summed E-state index contributed by atoms with van der Waals surface area (Å²) < 4.78 is 3.40. The summed E-state index contributed by atoms with van der Waals surface area (Å²) in [6, 6.07) is 6.49. The first-order valence-electron chi connectivity index (χ1n) is 12.4. The Balaban J connectivity index is 1.35. The first kappa shape index (κ1) is 24.4. The molecule has 0 aliphatic carbocycles. The van der Waals surface area contributed by atoms with Gasteiger partial charge in [0.1, 0.15) is 23.0 Å². The molecule has 0 bridgehead atoms. The summed E-state index contributed by atoms with van der Waals surface area (Å²) in [5, 5.41) is 21.4. The SMILES string of the molecule is CNC(C)CCC(=O)N1CCN(c2ccc(-c3nc(-c4cnn(C)c4)cn4ncc(C#N)c34)cn2)CC1. The number of nitriles is 1. The van der Waals surface area contributed by atoms with E-state index >= 15 is 0 Å². The van der Waals surface area contributed by atoms with E-state index in [9.17, 15) is 10.1 Å². The summed E-state index contributed by atoms with van der Waals surface area (Å²) >= 11 is 0. The topological polar surface area (TPSA) is 120 Å². The van der Waals surface area contributed by atoms with Crippen molar-refractivity contribution < 1.29 is 4.79 Å². The van der Waals surface area contributed by atoms with E-state index in [-0.39, 0.29) is 5.91 Å². The van der Waals surface area contributed by atoms with Gasteiger partial charge in [-0.1, -0.05) is 0 Å². The van der Waals surface area contributed by atoms with E-state index in [1.807, 2.05) is 37.3 Å². The van der Waals surface area contributed by atoms with Crippen molar-refractivity contribution in [3.63, 3.8) is 0 Å². The Morgan fingerprint density at radius 1 is 1.11 bits per heavy atom. The number of nitrogens with one attached hydrogen (secondary N) is 1. The molecule has 190 valence electrons. The quantitative estimate of drug-likeness (QED) is 0.411. The number of aromatic nitrogens is 6. The minimum absolute atomic E-state index is 0.211. The van der Waals surface area contributed by atoms with Crippen LogP contribution in [0.4, 0.5) is 5.82 Å². The molecule has 0 aromatic carbocycles. The van der Waals surface area contributed by atoms with Crippen LogP contribution in [0.15, 0.2) is 43.1 Å². The standard InChI is InChI=1S/C26H30N10O/c1-18(28-2)4-7-24(37)35-10-8-34(9-11-35)23-6-5-19(13-29-23)25-26-20(12-27)14-31-36(26)17-22(32-25)21-15-30-33(3)16-21/h5-6,13-18,28H,4,7-11H2,1-3H3. The average molecular weight is 499 g/mol. The largest absolute Gasteiger partial charge is 0.353 e. The van der Waals surface area contributed by atoms with Gasteiger partial charge in [0.2, 0.25) is 5.91 Å². The fourth-order valence-corrected chi connectivity index (χ4v) is 4.53. The number of fused-ring (bicyclic) bond motifs is 1. The third-order valence-corrected chi connectivity index (χ3v) is 6.88. The van der Waals surface area contributed by atoms with Gasteiger partial charge in [-0.25, -0.2) is 14.5 Å². The third-order valence-electron chi connectivity index (χ3n) is 6.88. The number of rotatable bonds is 7. The van der Waals surface area contributed by atoms with Gasteiger partial charge in [0.05, 0.1) is 30.0 Å². The van der Waals surface area contributed by atoms with Crippen LogP contribution in [-0.4, -0.2) is 79.4 Å². The first-order chi connectivity index (χ1) is 18.0. The molecule has 37 heavy (non-hydrogen) atoms. The minimum Gasteiger partial charge on any atom is -0.353 e. The van der Waals surface area contributed by atoms with Crippen molar-refractivity contribution in [3.05, 3.63) is 48.7 Å². The number of aryl methyl sites for hydroxylation is 1. The maximum atomic E-state index is 12.6. The van der Waals surface area contributed by atoms with Gasteiger partial charge >= 0.3 is 0 Å². The summed E-state index contributed by atoms with van der Waals surface area (Å²) in [4.78, 5) is 26.3. The number of anilines is 1. The van der Waals surface area contributed by atoms with Gasteiger partial charge in [0.25, 0.3) is 0 Å². The predicted octanol–water partition coefficient (Wildman–Crippen LogP) is 2.10. The number of hydrogen-bond donors (Lipinski definition) is 1. The van der Waals surface area contributed by atoms with Crippen LogP contribution >= 0.6 is 0 Å². The lowest BCUT2D eigenvalue weighted by Crippen LogP contribution is -2.49. The molecule has 1 fully saturated rings. The Kier molecular flexibility index (Phi) is 6.83. The second-order valence-electron chi connectivity index (χ2n) is 9.34. The number of nitrogens with zero attached hydrogens (tertiary/aromatic N) is 9. The van der Waals surface area contributed by atoms with E-state index in [0.29, 0.717) is 48.0 Å². The monoisotopic (exact) mass is 498 g/mol. The molecule has 4 aromatic heterocycles. The van der Waals surface area contributed by atoms with Crippen LogP contribution in [-0.2, 0) is 11.8 Å². The third kappa shape index (κ3) is 5.01. The van der Waals surface area contributed by atoms with Crippen molar-refractivity contribution >= 4 is 17.2 Å². The molecule has 0 spiro atoms. The molecular weight excluding hydrogens is 468 g/mol. The van der Waals surface area contributed by atoms with Gasteiger partial charge < -0.3 is 15.1 Å². The van der Waals surface area contributed by atoms with Crippen LogP contribution in [0.2, 0.25) is 0 Å². The lowest BCUT2D eigenvalue weighted by Gasteiger charge is -2.35. The highest BCUT2D eigenvalue weighted by molar-refractivity contribution is 5.83.